The van der Waals surface area contributed by atoms with Gasteiger partial charge in [0.05, 0.1) is 8.44 Å². The predicted octanol–water partition coefficient (Wildman–Crippen LogP) is 2.75. The lowest BCUT2D eigenvalue weighted by Crippen LogP contribution is -1.79. The monoisotopic (exact) mass is 157 g/mol. The van der Waals surface area contributed by atoms with Gasteiger partial charge in [0.15, 0.2) is 0 Å². The number of pyridine rings is 1. The van der Waals surface area contributed by atoms with Gasteiger partial charge >= 0.3 is 0 Å². The predicted molar refractivity (Wildman–Crippen MR) is 49.7 cm³/mol. The lowest BCUT2D eigenvalue weighted by atomic mass is 10.1. The van der Waals surface area contributed by atoms with Gasteiger partial charge in [-0.25, -0.2) is 0 Å². The summed E-state index contributed by atoms with van der Waals surface area (Å²) < 4.78 is 15.2. The van der Waals surface area contributed by atoms with E-state index in [9.17, 15) is 0 Å². The maximum absolute atomic E-state index is 7.68. The Balaban J connectivity index is 2.58. The van der Waals surface area contributed by atoms with Crippen molar-refractivity contribution < 1.29 is 2.74 Å². The largest absolute Gasteiger partial charge is 0.256 e. The molecule has 58 valence electrons. The van der Waals surface area contributed by atoms with Crippen LogP contribution in [0.3, 0.4) is 0 Å². The van der Waals surface area contributed by atoms with Crippen molar-refractivity contribution in [1.82, 2.24) is 4.98 Å². The summed E-state index contributed by atoms with van der Waals surface area (Å²) in [6, 6.07) is 11.4. The molecule has 0 N–H and O–H groups in total. The van der Waals surface area contributed by atoms with E-state index in [4.69, 9.17) is 2.74 Å². The zero-order valence-electron chi connectivity index (χ0n) is 8.49. The number of nitrogens with zero attached hydrogens (tertiary/aromatic N) is 1. The van der Waals surface area contributed by atoms with Crippen LogP contribution >= 0.6 is 0 Å². The second-order valence-corrected chi connectivity index (χ2v) is 2.43. The van der Waals surface area contributed by atoms with Crippen LogP contribution in [0.4, 0.5) is 0 Å². The fourth-order valence-electron chi connectivity index (χ4n) is 1.03. The van der Waals surface area contributed by atoms with Gasteiger partial charge in [0.25, 0.3) is 0 Å². The maximum Gasteiger partial charge on any atom is 0.0701 e. The summed E-state index contributed by atoms with van der Waals surface area (Å²) >= 11 is 0. The van der Waals surface area contributed by atoms with E-state index >= 15 is 0 Å². The molecule has 2 aromatic rings. The van der Waals surface area contributed by atoms with E-state index in [-0.39, 0.29) is 12.1 Å². The molecule has 1 nitrogen and oxygen atoms in total. The van der Waals surface area contributed by atoms with Crippen LogP contribution in [0, 0.1) is 0 Å². The van der Waals surface area contributed by atoms with E-state index in [0.717, 1.165) is 5.56 Å². The van der Waals surface area contributed by atoms with E-state index in [1.807, 2.05) is 30.3 Å². The molecule has 12 heavy (non-hydrogen) atoms. The van der Waals surface area contributed by atoms with Crippen LogP contribution in [0.15, 0.2) is 54.7 Å². The third-order valence-corrected chi connectivity index (χ3v) is 1.60. The van der Waals surface area contributed by atoms with Gasteiger partial charge in [-0.3, -0.25) is 4.98 Å². The van der Waals surface area contributed by atoms with Gasteiger partial charge in [0.1, 0.15) is 0 Å². The molecule has 0 atom stereocenters. The summed E-state index contributed by atoms with van der Waals surface area (Å²) in [6.07, 6.45) is 1.56. The Morgan fingerprint density at radius 3 is 2.75 bits per heavy atom. The molecule has 0 aliphatic heterocycles. The number of benzene rings is 1. The smallest absolute Gasteiger partial charge is 0.0701 e. The first-order valence-electron chi connectivity index (χ1n) is 4.76. The van der Waals surface area contributed by atoms with E-state index in [1.165, 1.54) is 6.07 Å². The molecule has 1 aromatic carbocycles. The highest BCUT2D eigenvalue weighted by Crippen LogP contribution is 2.14. The average Bonchev–Trinajstić information content (AvgIpc) is 2.23. The van der Waals surface area contributed by atoms with Crippen molar-refractivity contribution in [1.29, 1.82) is 0 Å². The van der Waals surface area contributed by atoms with Gasteiger partial charge in [0, 0.05) is 11.8 Å². The number of aromatic nitrogens is 1. The first kappa shape index (κ1) is 5.09. The molecule has 1 heteroatoms. The lowest BCUT2D eigenvalue weighted by molar-refractivity contribution is 1.33. The van der Waals surface area contributed by atoms with E-state index in [2.05, 4.69) is 4.98 Å². The molecule has 0 aliphatic rings. The SMILES string of the molecule is [2H]c1ccnc(-c2ccccc2)c1[2H]. The number of hydrogen-bond acceptors (Lipinski definition) is 1. The minimum Gasteiger partial charge on any atom is -0.256 e. The van der Waals surface area contributed by atoms with Crippen LogP contribution in [-0.4, -0.2) is 4.98 Å². The molecular formula is C11H9N. The molecule has 0 saturated carbocycles. The van der Waals surface area contributed by atoms with Crippen molar-refractivity contribution in [3.05, 3.63) is 54.7 Å². The van der Waals surface area contributed by atoms with E-state index < -0.39 is 0 Å². The van der Waals surface area contributed by atoms with Crippen molar-refractivity contribution >= 4 is 0 Å². The first-order chi connectivity index (χ1) is 6.79. The standard InChI is InChI=1S/C11H9N/c1-2-6-10(7-3-1)11-8-4-5-9-12-11/h1-9H/i4D,8D. The Hall–Kier alpha value is -1.63. The Bertz CT molecular complexity index is 440. The summed E-state index contributed by atoms with van der Waals surface area (Å²) in [5.74, 6) is 0. The average molecular weight is 157 g/mol. The van der Waals surface area contributed by atoms with E-state index in [1.54, 1.807) is 6.20 Å². The highest BCUT2D eigenvalue weighted by atomic mass is 14.7. The summed E-state index contributed by atoms with van der Waals surface area (Å²) in [6.45, 7) is 0. The Labute approximate surface area is 74.5 Å². The summed E-state index contributed by atoms with van der Waals surface area (Å²) in [7, 11) is 0. The molecule has 1 heterocycles. The quantitative estimate of drug-likeness (QED) is 0.620. The number of rotatable bonds is 1. The molecule has 0 fully saturated rings. The lowest BCUT2D eigenvalue weighted by Gasteiger charge is -1.97. The zero-order chi connectivity index (χ0) is 9.97. The van der Waals surface area contributed by atoms with Gasteiger partial charge in [-0.1, -0.05) is 36.4 Å². The van der Waals surface area contributed by atoms with Crippen LogP contribution in [-0.2, 0) is 0 Å². The van der Waals surface area contributed by atoms with E-state index in [0.29, 0.717) is 5.69 Å². The minimum atomic E-state index is 0.179. The second kappa shape index (κ2) is 3.18. The van der Waals surface area contributed by atoms with Crippen molar-refractivity contribution in [2.75, 3.05) is 0 Å². The topological polar surface area (TPSA) is 12.9 Å². The van der Waals surface area contributed by atoms with Crippen LogP contribution in [0.25, 0.3) is 11.3 Å². The van der Waals surface area contributed by atoms with Gasteiger partial charge in [-0.05, 0) is 12.1 Å². The van der Waals surface area contributed by atoms with Crippen LogP contribution in [0.5, 0.6) is 0 Å². The molecule has 0 aliphatic carbocycles. The van der Waals surface area contributed by atoms with Crippen LogP contribution in [0.1, 0.15) is 2.74 Å². The molecule has 2 rings (SSSR count). The van der Waals surface area contributed by atoms with Gasteiger partial charge in [-0.2, -0.15) is 0 Å². The molecule has 0 unspecified atom stereocenters. The Kier molecular flexibility index (Phi) is 1.35. The normalized spacial score (nSPS) is 12.0. The van der Waals surface area contributed by atoms with Crippen LogP contribution < -0.4 is 0 Å². The molecule has 0 saturated heterocycles. The van der Waals surface area contributed by atoms with Crippen molar-refractivity contribution in [3.63, 3.8) is 0 Å². The minimum absolute atomic E-state index is 0.179. The Morgan fingerprint density at radius 1 is 1.08 bits per heavy atom. The van der Waals surface area contributed by atoms with Gasteiger partial charge < -0.3 is 0 Å². The van der Waals surface area contributed by atoms with Crippen molar-refractivity contribution in [2.24, 2.45) is 0 Å². The van der Waals surface area contributed by atoms with Gasteiger partial charge in [-0.15, -0.1) is 0 Å². The second-order valence-electron chi connectivity index (χ2n) is 2.43. The third kappa shape index (κ3) is 1.35. The summed E-state index contributed by atoms with van der Waals surface area (Å²) in [4.78, 5) is 4.10. The highest BCUT2D eigenvalue weighted by Gasteiger charge is 1.93. The Morgan fingerprint density at radius 2 is 1.92 bits per heavy atom. The molecule has 0 amide bonds. The van der Waals surface area contributed by atoms with Crippen molar-refractivity contribution in [3.8, 4) is 11.3 Å². The summed E-state index contributed by atoms with van der Waals surface area (Å²) in [5, 5.41) is 0. The van der Waals surface area contributed by atoms with Crippen molar-refractivity contribution in [2.45, 2.75) is 0 Å². The van der Waals surface area contributed by atoms with Gasteiger partial charge in [0.2, 0.25) is 0 Å². The molecule has 0 bridgehead atoms. The number of hydrogen-bond donors (Lipinski definition) is 0. The molecule has 0 radical (unpaired) electrons. The fourth-order valence-corrected chi connectivity index (χ4v) is 1.03. The van der Waals surface area contributed by atoms with Crippen LogP contribution in [0.2, 0.25) is 0 Å². The molecule has 0 spiro atoms. The molecular weight excluding hydrogens is 146 g/mol. The molecule has 1 aromatic heterocycles. The highest BCUT2D eigenvalue weighted by molar-refractivity contribution is 5.58. The third-order valence-electron chi connectivity index (χ3n) is 1.60. The maximum atomic E-state index is 7.68. The zero-order valence-corrected chi connectivity index (χ0v) is 6.49. The summed E-state index contributed by atoms with van der Waals surface area (Å²) in [5.41, 5.74) is 1.45. The first-order valence-corrected chi connectivity index (χ1v) is 3.76. The fraction of sp³-hybridized carbons (Fsp3) is 0.